The predicted molar refractivity (Wildman–Crippen MR) is 58.3 cm³/mol. The van der Waals surface area contributed by atoms with Gasteiger partial charge < -0.3 is 29.4 Å². The molecule has 0 aromatic carbocycles. The first-order chi connectivity index (χ1) is 7.17. The van der Waals surface area contributed by atoms with E-state index in [1.165, 1.54) is 13.8 Å². The Labute approximate surface area is 97.4 Å². The minimum absolute atomic E-state index is 0.733. The lowest BCUT2D eigenvalue weighted by Gasteiger charge is -2.35. The van der Waals surface area contributed by atoms with Crippen LogP contribution in [0.4, 0.5) is 0 Å². The van der Waals surface area contributed by atoms with Crippen molar-refractivity contribution >= 4 is 22.8 Å². The van der Waals surface area contributed by atoms with Crippen LogP contribution in [0.5, 0.6) is 0 Å². The standard InChI is InChI=1S/C5H15O9P3/c1-4(2)3-5(15(6,7)8,16(9,10)11)17(12,13)14/h4H,3H2,1-2H3,(H2,6,7,8)(H2,9,10,11)(H2,12,13,14). The van der Waals surface area contributed by atoms with E-state index in [0.717, 1.165) is 0 Å². The Hall–Kier alpha value is 0.450. The van der Waals surface area contributed by atoms with Crippen molar-refractivity contribution in [1.29, 1.82) is 0 Å². The summed E-state index contributed by atoms with van der Waals surface area (Å²) in [4.78, 5) is 53.8. The van der Waals surface area contributed by atoms with Crippen LogP contribution < -0.4 is 0 Å². The summed E-state index contributed by atoms with van der Waals surface area (Å²) >= 11 is 0. The largest absolute Gasteiger partial charge is 0.356 e. The van der Waals surface area contributed by atoms with Gasteiger partial charge in [-0.25, -0.2) is 0 Å². The van der Waals surface area contributed by atoms with Crippen molar-refractivity contribution in [3.05, 3.63) is 0 Å². The zero-order chi connectivity index (χ0) is 14.3. The average Bonchev–Trinajstić information content (AvgIpc) is 1.91. The second kappa shape index (κ2) is 4.85. The summed E-state index contributed by atoms with van der Waals surface area (Å²) in [7, 11) is -17.2. The molecule has 0 fully saturated rings. The molecule has 0 aliphatic carbocycles. The van der Waals surface area contributed by atoms with E-state index in [9.17, 15) is 13.7 Å². The van der Waals surface area contributed by atoms with Gasteiger partial charge in [-0.2, -0.15) is 0 Å². The third-order valence-electron chi connectivity index (χ3n) is 2.08. The molecule has 0 aromatic rings. The van der Waals surface area contributed by atoms with Gasteiger partial charge in [0, 0.05) is 0 Å². The molecule has 0 saturated heterocycles. The lowest BCUT2D eigenvalue weighted by Crippen LogP contribution is -2.30. The van der Waals surface area contributed by atoms with Crippen LogP contribution in [0.1, 0.15) is 20.3 Å². The van der Waals surface area contributed by atoms with Crippen molar-refractivity contribution in [2.45, 2.75) is 24.9 Å². The zero-order valence-corrected chi connectivity index (χ0v) is 11.7. The maximum Gasteiger partial charge on any atom is 0.356 e. The zero-order valence-electron chi connectivity index (χ0n) is 9.03. The predicted octanol–water partition coefficient (Wildman–Crippen LogP) is 0.219. The van der Waals surface area contributed by atoms with E-state index in [1.807, 2.05) is 0 Å². The van der Waals surface area contributed by atoms with E-state index in [-0.39, 0.29) is 0 Å². The number of rotatable bonds is 5. The highest BCUT2D eigenvalue weighted by atomic mass is 31.3. The molecule has 0 atom stereocenters. The normalized spacial score (nSPS) is 15.4. The van der Waals surface area contributed by atoms with Gasteiger partial charge in [-0.1, -0.05) is 13.8 Å². The Balaban J connectivity index is 6.24. The fourth-order valence-corrected chi connectivity index (χ4v) is 7.30. The molecule has 0 radical (unpaired) electrons. The minimum Gasteiger partial charge on any atom is -0.323 e. The first kappa shape index (κ1) is 17.4. The summed E-state index contributed by atoms with van der Waals surface area (Å²) in [5.74, 6) is -0.733. The van der Waals surface area contributed by atoms with Crippen molar-refractivity contribution in [3.8, 4) is 0 Å². The molecule has 6 N–H and O–H groups in total. The molecule has 0 bridgehead atoms. The van der Waals surface area contributed by atoms with E-state index >= 15 is 0 Å². The van der Waals surface area contributed by atoms with Gasteiger partial charge in [-0.3, -0.25) is 13.7 Å². The third-order valence-corrected chi connectivity index (χ3v) is 10.1. The van der Waals surface area contributed by atoms with Crippen molar-refractivity contribution in [1.82, 2.24) is 0 Å². The molecule has 12 heteroatoms. The molecule has 0 aliphatic heterocycles. The molecule has 104 valence electrons. The molecular formula is C5H15O9P3. The molecule has 0 aliphatic rings. The molecular weight excluding hydrogens is 297 g/mol. The summed E-state index contributed by atoms with van der Waals surface area (Å²) in [5, 5.41) is 0. The average molecular weight is 312 g/mol. The van der Waals surface area contributed by atoms with E-state index in [2.05, 4.69) is 0 Å². The minimum atomic E-state index is -5.73. The Morgan fingerprint density at radius 2 is 1.06 bits per heavy atom. The molecule has 0 unspecified atom stereocenters. The highest BCUT2D eigenvalue weighted by molar-refractivity contribution is 7.88. The summed E-state index contributed by atoms with van der Waals surface area (Å²) < 4.78 is 29.9. The van der Waals surface area contributed by atoms with Crippen LogP contribution in [0.3, 0.4) is 0 Å². The first-order valence-corrected chi connectivity index (χ1v) is 9.17. The van der Waals surface area contributed by atoms with Crippen LogP contribution in [-0.2, 0) is 13.7 Å². The van der Waals surface area contributed by atoms with Crippen molar-refractivity contribution in [3.63, 3.8) is 0 Å². The molecule has 9 nitrogen and oxygen atoms in total. The monoisotopic (exact) mass is 312 g/mol. The van der Waals surface area contributed by atoms with Gasteiger partial charge in [-0.15, -0.1) is 0 Å². The smallest absolute Gasteiger partial charge is 0.323 e. The summed E-state index contributed by atoms with van der Waals surface area (Å²) in [5.41, 5.74) is 0. The van der Waals surface area contributed by atoms with E-state index in [0.29, 0.717) is 0 Å². The third kappa shape index (κ3) is 3.26. The Morgan fingerprint density at radius 3 is 1.12 bits per heavy atom. The van der Waals surface area contributed by atoms with Crippen LogP contribution in [0, 0.1) is 5.92 Å². The Morgan fingerprint density at radius 1 is 0.824 bits per heavy atom. The maximum atomic E-state index is 11.2. The van der Waals surface area contributed by atoms with Crippen molar-refractivity contribution in [2.75, 3.05) is 0 Å². The van der Waals surface area contributed by atoms with Gasteiger partial charge in [0.25, 0.3) is 4.64 Å². The number of hydrogen-bond donors (Lipinski definition) is 6. The Kier molecular flexibility index (Phi) is 4.98. The topological polar surface area (TPSA) is 173 Å². The molecule has 0 rings (SSSR count). The van der Waals surface area contributed by atoms with Gasteiger partial charge in [0.05, 0.1) is 0 Å². The molecule has 0 heterocycles. The lowest BCUT2D eigenvalue weighted by atomic mass is 10.2. The van der Waals surface area contributed by atoms with E-state index in [4.69, 9.17) is 29.4 Å². The van der Waals surface area contributed by atoms with Crippen LogP contribution >= 0.6 is 22.8 Å². The highest BCUT2D eigenvalue weighted by Gasteiger charge is 2.71. The molecule has 0 saturated carbocycles. The van der Waals surface area contributed by atoms with Crippen molar-refractivity contribution in [2.24, 2.45) is 5.92 Å². The molecule has 0 aromatic heterocycles. The van der Waals surface area contributed by atoms with E-state index < -0.39 is 39.8 Å². The second-order valence-electron chi connectivity index (χ2n) is 4.00. The fraction of sp³-hybridized carbons (Fsp3) is 1.00. The first-order valence-electron chi connectivity index (χ1n) is 4.34. The Bertz CT molecular complexity index is 355. The van der Waals surface area contributed by atoms with Gasteiger partial charge in [0.15, 0.2) is 0 Å². The van der Waals surface area contributed by atoms with Gasteiger partial charge >= 0.3 is 22.8 Å². The summed E-state index contributed by atoms with van der Waals surface area (Å²) in [6.07, 6.45) is -0.994. The van der Waals surface area contributed by atoms with Crippen LogP contribution in [0.25, 0.3) is 0 Å². The summed E-state index contributed by atoms with van der Waals surface area (Å²) in [6.45, 7) is 2.66. The SMILES string of the molecule is CC(C)CC(P(=O)(O)O)(P(=O)(O)O)P(=O)(O)O. The lowest BCUT2D eigenvalue weighted by molar-refractivity contribution is 0.287. The quantitative estimate of drug-likeness (QED) is 0.388. The molecule has 17 heavy (non-hydrogen) atoms. The number of hydrogen-bond acceptors (Lipinski definition) is 3. The van der Waals surface area contributed by atoms with Crippen LogP contribution in [0.15, 0.2) is 0 Å². The molecule has 0 amide bonds. The maximum absolute atomic E-state index is 11.2. The van der Waals surface area contributed by atoms with Gasteiger partial charge in [0.1, 0.15) is 0 Å². The van der Waals surface area contributed by atoms with Crippen LogP contribution in [-0.4, -0.2) is 34.0 Å². The summed E-state index contributed by atoms with van der Waals surface area (Å²) in [6, 6.07) is 0. The fourth-order valence-electron chi connectivity index (χ4n) is 1.41. The van der Waals surface area contributed by atoms with Crippen molar-refractivity contribution < 1.29 is 43.1 Å². The second-order valence-corrected chi connectivity index (χ2v) is 10.6. The van der Waals surface area contributed by atoms with E-state index in [1.54, 1.807) is 0 Å². The van der Waals surface area contributed by atoms with Gasteiger partial charge in [0.2, 0.25) is 0 Å². The van der Waals surface area contributed by atoms with Gasteiger partial charge in [-0.05, 0) is 12.3 Å². The molecule has 0 spiro atoms. The van der Waals surface area contributed by atoms with Crippen LogP contribution in [0.2, 0.25) is 0 Å². The highest BCUT2D eigenvalue weighted by Crippen LogP contribution is 2.84.